The Morgan fingerprint density at radius 1 is 1.29 bits per heavy atom. The lowest BCUT2D eigenvalue weighted by molar-refractivity contribution is 0.287. The molecule has 0 spiro atoms. The Balaban J connectivity index is 2.40. The number of rotatable bonds is 3. The van der Waals surface area contributed by atoms with E-state index in [1.54, 1.807) is 22.7 Å². The summed E-state index contributed by atoms with van der Waals surface area (Å²) in [4.78, 5) is 0. The Labute approximate surface area is 80.6 Å². The number of aromatic hydroxyl groups is 1. The highest BCUT2D eigenvalue weighted by atomic mass is 16.3. The number of aliphatic hydroxyl groups excluding tert-OH is 1. The molecular weight excluding hydrogens is 182 g/mol. The quantitative estimate of drug-likeness (QED) is 0.738. The topological polar surface area (TPSA) is 70.7 Å². The van der Waals surface area contributed by atoms with Crippen LogP contribution in [0, 0.1) is 0 Å². The van der Waals surface area contributed by atoms with E-state index in [4.69, 9.17) is 5.11 Å². The average molecular weight is 193 g/mol. The first-order valence-electron chi connectivity index (χ1n) is 4.45. The Morgan fingerprint density at radius 3 is 2.93 bits per heavy atom. The van der Waals surface area contributed by atoms with Gasteiger partial charge in [-0.15, -0.1) is 10.2 Å². The summed E-state index contributed by atoms with van der Waals surface area (Å²) in [7, 11) is 0. The summed E-state index contributed by atoms with van der Waals surface area (Å²) >= 11 is 0. The fourth-order valence-electron chi connectivity index (χ4n) is 1.33. The second-order valence-corrected chi connectivity index (χ2v) is 3.06. The van der Waals surface area contributed by atoms with Crippen molar-refractivity contribution >= 4 is 5.65 Å². The van der Waals surface area contributed by atoms with Gasteiger partial charge in [0.15, 0.2) is 5.65 Å². The fourth-order valence-corrected chi connectivity index (χ4v) is 1.33. The number of hydrogen-bond donors (Lipinski definition) is 2. The molecule has 14 heavy (non-hydrogen) atoms. The van der Waals surface area contributed by atoms with E-state index in [9.17, 15) is 5.11 Å². The van der Waals surface area contributed by atoms with E-state index in [0.717, 1.165) is 5.82 Å². The summed E-state index contributed by atoms with van der Waals surface area (Å²) in [6.07, 6.45) is 2.87. The molecule has 2 heterocycles. The van der Waals surface area contributed by atoms with Crippen molar-refractivity contribution in [3.63, 3.8) is 0 Å². The zero-order chi connectivity index (χ0) is 9.97. The van der Waals surface area contributed by atoms with Gasteiger partial charge in [0.2, 0.25) is 0 Å². The maximum absolute atomic E-state index is 9.27. The van der Waals surface area contributed by atoms with Crippen molar-refractivity contribution in [2.24, 2.45) is 0 Å². The molecule has 74 valence electrons. The van der Waals surface area contributed by atoms with Crippen LogP contribution in [-0.4, -0.2) is 31.4 Å². The molecule has 2 aromatic rings. The van der Waals surface area contributed by atoms with E-state index in [1.165, 1.54) is 0 Å². The first-order chi connectivity index (χ1) is 6.81. The lowest BCUT2D eigenvalue weighted by atomic mass is 10.3. The van der Waals surface area contributed by atoms with Gasteiger partial charge in [0.1, 0.15) is 11.6 Å². The van der Waals surface area contributed by atoms with Gasteiger partial charge in [-0.25, -0.2) is 0 Å². The van der Waals surface area contributed by atoms with E-state index in [2.05, 4.69) is 10.2 Å². The second kappa shape index (κ2) is 3.63. The van der Waals surface area contributed by atoms with Crippen LogP contribution in [0.4, 0.5) is 0 Å². The summed E-state index contributed by atoms with van der Waals surface area (Å²) < 4.78 is 1.73. The minimum Gasteiger partial charge on any atom is -0.506 e. The summed E-state index contributed by atoms with van der Waals surface area (Å²) in [6.45, 7) is 0.133. The van der Waals surface area contributed by atoms with Crippen molar-refractivity contribution in [2.75, 3.05) is 6.61 Å². The minimum absolute atomic E-state index is 0.133. The molecule has 2 rings (SSSR count). The number of aromatic nitrogens is 3. The Morgan fingerprint density at radius 2 is 2.14 bits per heavy atom. The Kier molecular flexibility index (Phi) is 2.32. The molecule has 0 aromatic carbocycles. The van der Waals surface area contributed by atoms with Crippen LogP contribution in [0.1, 0.15) is 12.2 Å². The molecule has 0 saturated heterocycles. The molecule has 0 saturated carbocycles. The standard InChI is InChI=1S/C9H11N3O2/c13-5-1-2-8-10-11-9-4-3-7(14)6-12(8)9/h3-4,6,13-14H,1-2,5H2. The molecule has 0 aliphatic rings. The van der Waals surface area contributed by atoms with Gasteiger partial charge in [0.25, 0.3) is 0 Å². The highest BCUT2D eigenvalue weighted by Crippen LogP contribution is 2.12. The third-order valence-electron chi connectivity index (χ3n) is 2.02. The number of fused-ring (bicyclic) bond motifs is 1. The number of nitrogens with zero attached hydrogens (tertiary/aromatic N) is 3. The van der Waals surface area contributed by atoms with E-state index in [1.807, 2.05) is 0 Å². The predicted octanol–water partition coefficient (Wildman–Crippen LogP) is 0.360. The molecular formula is C9H11N3O2. The molecule has 0 unspecified atom stereocenters. The van der Waals surface area contributed by atoms with Crippen LogP contribution in [0.5, 0.6) is 5.75 Å². The smallest absolute Gasteiger partial charge is 0.161 e. The fraction of sp³-hybridized carbons (Fsp3) is 0.333. The maximum Gasteiger partial charge on any atom is 0.161 e. The number of aliphatic hydroxyl groups is 1. The number of aryl methyl sites for hydroxylation is 1. The van der Waals surface area contributed by atoms with E-state index in [-0.39, 0.29) is 12.4 Å². The van der Waals surface area contributed by atoms with Gasteiger partial charge < -0.3 is 10.2 Å². The van der Waals surface area contributed by atoms with Gasteiger partial charge in [-0.1, -0.05) is 0 Å². The largest absolute Gasteiger partial charge is 0.506 e. The predicted molar refractivity (Wildman–Crippen MR) is 50.1 cm³/mol. The number of pyridine rings is 1. The van der Waals surface area contributed by atoms with Crippen molar-refractivity contribution < 1.29 is 10.2 Å². The lowest BCUT2D eigenvalue weighted by Crippen LogP contribution is -1.96. The van der Waals surface area contributed by atoms with Crippen LogP contribution in [0.25, 0.3) is 5.65 Å². The monoisotopic (exact) mass is 193 g/mol. The molecule has 0 aliphatic carbocycles. The van der Waals surface area contributed by atoms with Gasteiger partial charge in [-0.3, -0.25) is 4.40 Å². The zero-order valence-electron chi connectivity index (χ0n) is 7.59. The highest BCUT2D eigenvalue weighted by molar-refractivity contribution is 5.40. The number of hydrogen-bond acceptors (Lipinski definition) is 4. The van der Waals surface area contributed by atoms with Gasteiger partial charge in [-0.2, -0.15) is 0 Å². The third-order valence-corrected chi connectivity index (χ3v) is 2.02. The second-order valence-electron chi connectivity index (χ2n) is 3.06. The molecule has 0 bridgehead atoms. The molecule has 0 amide bonds. The summed E-state index contributed by atoms with van der Waals surface area (Å²) in [5.41, 5.74) is 0.704. The van der Waals surface area contributed by atoms with Crippen molar-refractivity contribution in [1.29, 1.82) is 0 Å². The molecule has 0 aliphatic heterocycles. The Hall–Kier alpha value is -1.62. The van der Waals surface area contributed by atoms with Crippen molar-refractivity contribution in [2.45, 2.75) is 12.8 Å². The van der Waals surface area contributed by atoms with E-state index >= 15 is 0 Å². The molecule has 5 heteroatoms. The van der Waals surface area contributed by atoms with Gasteiger partial charge >= 0.3 is 0 Å². The van der Waals surface area contributed by atoms with Crippen molar-refractivity contribution in [1.82, 2.24) is 14.6 Å². The molecule has 0 fully saturated rings. The van der Waals surface area contributed by atoms with Gasteiger partial charge in [0, 0.05) is 13.0 Å². The zero-order valence-corrected chi connectivity index (χ0v) is 7.59. The Bertz CT molecular complexity index is 439. The maximum atomic E-state index is 9.27. The molecule has 0 atom stereocenters. The lowest BCUT2D eigenvalue weighted by Gasteiger charge is -1.98. The summed E-state index contributed by atoms with van der Waals surface area (Å²) in [5, 5.41) is 25.9. The SMILES string of the molecule is OCCCc1nnc2ccc(O)cn12. The van der Waals surface area contributed by atoms with Gasteiger partial charge in [0.05, 0.1) is 6.20 Å². The van der Waals surface area contributed by atoms with Crippen LogP contribution in [0.15, 0.2) is 18.3 Å². The van der Waals surface area contributed by atoms with Crippen molar-refractivity contribution in [3.8, 4) is 5.75 Å². The molecule has 5 nitrogen and oxygen atoms in total. The minimum atomic E-state index is 0.133. The first kappa shape index (κ1) is 8.96. The van der Waals surface area contributed by atoms with Crippen LogP contribution in [-0.2, 0) is 6.42 Å². The molecule has 0 radical (unpaired) electrons. The summed E-state index contributed by atoms with van der Waals surface area (Å²) in [5.74, 6) is 0.937. The van der Waals surface area contributed by atoms with Crippen LogP contribution in [0.2, 0.25) is 0 Å². The van der Waals surface area contributed by atoms with E-state index in [0.29, 0.717) is 18.5 Å². The van der Waals surface area contributed by atoms with E-state index < -0.39 is 0 Å². The average Bonchev–Trinajstić information content (AvgIpc) is 2.57. The third kappa shape index (κ3) is 1.54. The first-order valence-corrected chi connectivity index (χ1v) is 4.45. The van der Waals surface area contributed by atoms with Crippen LogP contribution >= 0.6 is 0 Å². The summed E-state index contributed by atoms with van der Waals surface area (Å²) in [6, 6.07) is 3.27. The highest BCUT2D eigenvalue weighted by Gasteiger charge is 2.04. The molecule has 2 N–H and O–H groups in total. The van der Waals surface area contributed by atoms with Crippen LogP contribution < -0.4 is 0 Å². The van der Waals surface area contributed by atoms with Crippen molar-refractivity contribution in [3.05, 3.63) is 24.2 Å². The normalized spacial score (nSPS) is 10.9. The molecule has 2 aromatic heterocycles. The van der Waals surface area contributed by atoms with Gasteiger partial charge in [-0.05, 0) is 18.6 Å². The van der Waals surface area contributed by atoms with Crippen LogP contribution in [0.3, 0.4) is 0 Å².